The second-order valence-corrected chi connectivity index (χ2v) is 6.48. The molecule has 21 heavy (non-hydrogen) atoms. The molecule has 1 amide bonds. The lowest BCUT2D eigenvalue weighted by Crippen LogP contribution is -2.09. The average Bonchev–Trinajstić information content (AvgIpc) is 2.39. The molecule has 2 heteroatoms. The van der Waals surface area contributed by atoms with E-state index in [2.05, 4.69) is 48.5 Å². The minimum Gasteiger partial charge on any atom is -0.370 e. The van der Waals surface area contributed by atoms with Crippen LogP contribution in [-0.4, -0.2) is 5.91 Å². The van der Waals surface area contributed by atoms with Gasteiger partial charge in [0.1, 0.15) is 0 Å². The Kier molecular flexibility index (Phi) is 26.3. The van der Waals surface area contributed by atoms with E-state index in [1.54, 1.807) is 0 Å². The van der Waals surface area contributed by atoms with Crippen LogP contribution >= 0.6 is 0 Å². The van der Waals surface area contributed by atoms with Gasteiger partial charge in [-0.05, 0) is 24.7 Å². The topological polar surface area (TPSA) is 43.1 Å². The number of carbonyl (C=O) groups is 1. The SMILES string of the molecule is CCC.CCC(C)CC(C)C.CCCCCCCC(N)=O. The summed E-state index contributed by atoms with van der Waals surface area (Å²) in [5.41, 5.74) is 4.97. The van der Waals surface area contributed by atoms with Crippen molar-refractivity contribution in [1.29, 1.82) is 0 Å². The Labute approximate surface area is 135 Å². The zero-order chi connectivity index (χ0) is 17.1. The van der Waals surface area contributed by atoms with Crippen molar-refractivity contribution in [2.45, 2.75) is 106 Å². The fourth-order valence-electron chi connectivity index (χ4n) is 1.87. The van der Waals surface area contributed by atoms with Crippen LogP contribution in [0.4, 0.5) is 0 Å². The maximum Gasteiger partial charge on any atom is 0.217 e. The molecule has 0 aromatic heterocycles. The summed E-state index contributed by atoms with van der Waals surface area (Å²) in [5, 5.41) is 0. The number of primary amides is 1. The maximum absolute atomic E-state index is 10.3. The van der Waals surface area contributed by atoms with Gasteiger partial charge in [0.2, 0.25) is 5.91 Å². The molecule has 0 aliphatic carbocycles. The first-order valence-corrected chi connectivity index (χ1v) is 9.13. The summed E-state index contributed by atoms with van der Waals surface area (Å²) in [7, 11) is 0. The van der Waals surface area contributed by atoms with Crippen LogP contribution in [0.15, 0.2) is 0 Å². The molecular formula is C19H43NO. The lowest BCUT2D eigenvalue weighted by Gasteiger charge is -2.09. The Morgan fingerprint density at radius 1 is 0.905 bits per heavy atom. The van der Waals surface area contributed by atoms with Crippen molar-refractivity contribution >= 4 is 5.91 Å². The molecule has 0 radical (unpaired) electrons. The predicted molar refractivity (Wildman–Crippen MR) is 97.4 cm³/mol. The fraction of sp³-hybridized carbons (Fsp3) is 0.947. The monoisotopic (exact) mass is 301 g/mol. The molecule has 130 valence electrons. The van der Waals surface area contributed by atoms with Crippen LogP contribution in [0, 0.1) is 11.8 Å². The van der Waals surface area contributed by atoms with Gasteiger partial charge in [-0.3, -0.25) is 4.79 Å². The number of rotatable bonds is 9. The summed E-state index contributed by atoms with van der Waals surface area (Å²) in [6.07, 6.45) is 10.4. The van der Waals surface area contributed by atoms with Crippen molar-refractivity contribution in [3.05, 3.63) is 0 Å². The fourth-order valence-corrected chi connectivity index (χ4v) is 1.87. The van der Waals surface area contributed by atoms with E-state index in [4.69, 9.17) is 5.73 Å². The minimum absolute atomic E-state index is 0.170. The van der Waals surface area contributed by atoms with Crippen molar-refractivity contribution in [1.82, 2.24) is 0 Å². The highest BCUT2D eigenvalue weighted by Crippen LogP contribution is 2.12. The molecule has 0 bridgehead atoms. The van der Waals surface area contributed by atoms with Crippen molar-refractivity contribution in [2.75, 3.05) is 0 Å². The number of hydrogen-bond donors (Lipinski definition) is 1. The normalized spacial score (nSPS) is 11.0. The molecule has 0 aliphatic rings. The largest absolute Gasteiger partial charge is 0.370 e. The van der Waals surface area contributed by atoms with Crippen LogP contribution in [-0.2, 0) is 4.79 Å². The highest BCUT2D eigenvalue weighted by atomic mass is 16.1. The van der Waals surface area contributed by atoms with Gasteiger partial charge >= 0.3 is 0 Å². The highest BCUT2D eigenvalue weighted by molar-refractivity contribution is 5.73. The first-order chi connectivity index (χ1) is 9.85. The van der Waals surface area contributed by atoms with E-state index in [1.807, 2.05) is 0 Å². The maximum atomic E-state index is 10.3. The summed E-state index contributed by atoms with van der Waals surface area (Å²) in [5.74, 6) is 1.64. The summed E-state index contributed by atoms with van der Waals surface area (Å²) in [6, 6.07) is 0. The van der Waals surface area contributed by atoms with E-state index in [-0.39, 0.29) is 5.91 Å². The lowest BCUT2D eigenvalue weighted by molar-refractivity contribution is -0.118. The highest BCUT2D eigenvalue weighted by Gasteiger charge is 2.00. The van der Waals surface area contributed by atoms with Crippen LogP contribution in [0.3, 0.4) is 0 Å². The Morgan fingerprint density at radius 2 is 1.38 bits per heavy atom. The third kappa shape index (κ3) is 38.2. The Hall–Kier alpha value is -0.530. The van der Waals surface area contributed by atoms with Crippen molar-refractivity contribution < 1.29 is 4.79 Å². The van der Waals surface area contributed by atoms with Gasteiger partial charge in [-0.2, -0.15) is 0 Å². The first-order valence-electron chi connectivity index (χ1n) is 9.13. The first kappa shape index (κ1) is 25.4. The summed E-state index contributed by atoms with van der Waals surface area (Å²) in [4.78, 5) is 10.3. The Bertz CT molecular complexity index is 190. The van der Waals surface area contributed by atoms with Crippen molar-refractivity contribution in [3.8, 4) is 0 Å². The average molecular weight is 302 g/mol. The van der Waals surface area contributed by atoms with Crippen LogP contribution in [0.25, 0.3) is 0 Å². The van der Waals surface area contributed by atoms with Gasteiger partial charge in [0.05, 0.1) is 0 Å². The lowest BCUT2D eigenvalue weighted by atomic mass is 9.97. The summed E-state index contributed by atoms with van der Waals surface area (Å²) < 4.78 is 0. The smallest absolute Gasteiger partial charge is 0.217 e. The zero-order valence-electron chi connectivity index (χ0n) is 16.0. The molecule has 0 saturated carbocycles. The molecule has 0 aliphatic heterocycles. The number of amides is 1. The Morgan fingerprint density at radius 3 is 1.67 bits per heavy atom. The van der Waals surface area contributed by atoms with E-state index in [9.17, 15) is 4.79 Å². The van der Waals surface area contributed by atoms with E-state index >= 15 is 0 Å². The molecule has 0 saturated heterocycles. The predicted octanol–water partition coefficient (Wildman–Crippen LogP) is 6.33. The summed E-state index contributed by atoms with van der Waals surface area (Å²) in [6.45, 7) is 15.6. The molecule has 0 rings (SSSR count). The molecular weight excluding hydrogens is 258 g/mol. The standard InChI is InChI=1S/C8H17NO.C8H18.C3H8/c1-2-3-4-5-6-7-8(9)10;1-5-8(4)6-7(2)3;1-3-2/h2-7H2,1H3,(H2,9,10);7-8H,5-6H2,1-4H3;3H2,1-2H3. The number of unbranched alkanes of at least 4 members (excludes halogenated alkanes) is 4. The second kappa shape index (κ2) is 21.8. The second-order valence-electron chi connectivity index (χ2n) is 6.48. The van der Waals surface area contributed by atoms with Crippen LogP contribution in [0.5, 0.6) is 0 Å². The van der Waals surface area contributed by atoms with E-state index in [0.717, 1.165) is 24.7 Å². The van der Waals surface area contributed by atoms with Crippen LogP contribution in [0.2, 0.25) is 0 Å². The molecule has 1 atom stereocenters. The zero-order valence-corrected chi connectivity index (χ0v) is 16.0. The molecule has 0 aromatic rings. The molecule has 0 fully saturated rings. The third-order valence-corrected chi connectivity index (χ3v) is 3.10. The van der Waals surface area contributed by atoms with Gasteiger partial charge in [-0.15, -0.1) is 0 Å². The summed E-state index contributed by atoms with van der Waals surface area (Å²) >= 11 is 0. The molecule has 0 spiro atoms. The molecule has 1 unspecified atom stereocenters. The van der Waals surface area contributed by atoms with Gasteiger partial charge in [-0.1, -0.05) is 87.0 Å². The quantitative estimate of drug-likeness (QED) is 0.497. The van der Waals surface area contributed by atoms with E-state index in [1.165, 1.54) is 38.5 Å². The number of nitrogens with two attached hydrogens (primary N) is 1. The van der Waals surface area contributed by atoms with Gasteiger partial charge in [0.25, 0.3) is 0 Å². The van der Waals surface area contributed by atoms with Crippen LogP contribution < -0.4 is 5.73 Å². The van der Waals surface area contributed by atoms with Gasteiger partial charge < -0.3 is 5.73 Å². The van der Waals surface area contributed by atoms with Crippen molar-refractivity contribution in [3.63, 3.8) is 0 Å². The van der Waals surface area contributed by atoms with Gasteiger partial charge in [0.15, 0.2) is 0 Å². The molecule has 2 N–H and O–H groups in total. The van der Waals surface area contributed by atoms with Crippen molar-refractivity contribution in [2.24, 2.45) is 17.6 Å². The van der Waals surface area contributed by atoms with Gasteiger partial charge in [0, 0.05) is 6.42 Å². The van der Waals surface area contributed by atoms with Gasteiger partial charge in [-0.25, -0.2) is 0 Å². The van der Waals surface area contributed by atoms with E-state index in [0.29, 0.717) is 6.42 Å². The number of carbonyl (C=O) groups excluding carboxylic acids is 1. The Balaban J connectivity index is -0.000000264. The minimum atomic E-state index is -0.170. The third-order valence-electron chi connectivity index (χ3n) is 3.10. The molecule has 0 aromatic carbocycles. The van der Waals surface area contributed by atoms with Crippen LogP contribution in [0.1, 0.15) is 106 Å². The molecule has 2 nitrogen and oxygen atoms in total. The number of hydrogen-bond acceptors (Lipinski definition) is 1. The molecule has 0 heterocycles. The van der Waals surface area contributed by atoms with E-state index < -0.39 is 0 Å².